The predicted molar refractivity (Wildman–Crippen MR) is 98.2 cm³/mol. The lowest BCUT2D eigenvalue weighted by atomic mass is 9.97. The summed E-state index contributed by atoms with van der Waals surface area (Å²) in [6, 6.07) is 15.8. The van der Waals surface area contributed by atoms with Crippen molar-refractivity contribution in [1.82, 2.24) is 0 Å². The molecule has 23 heavy (non-hydrogen) atoms. The minimum absolute atomic E-state index is 0.193. The van der Waals surface area contributed by atoms with Gasteiger partial charge in [0.15, 0.2) is 0 Å². The van der Waals surface area contributed by atoms with Gasteiger partial charge in [0.2, 0.25) is 0 Å². The summed E-state index contributed by atoms with van der Waals surface area (Å²) in [6.07, 6.45) is 8.28. The number of rotatable bonds is 5. The van der Waals surface area contributed by atoms with Crippen LogP contribution in [-0.2, 0) is 4.74 Å². The van der Waals surface area contributed by atoms with E-state index in [0.29, 0.717) is 12.4 Å². The van der Waals surface area contributed by atoms with Gasteiger partial charge in [-0.2, -0.15) is 0 Å². The zero-order valence-corrected chi connectivity index (χ0v) is 14.4. The maximum atomic E-state index is 10.1. The third-order valence-electron chi connectivity index (χ3n) is 3.92. The molecule has 0 bridgehead atoms. The van der Waals surface area contributed by atoms with E-state index in [1.54, 1.807) is 6.07 Å². The van der Waals surface area contributed by atoms with Gasteiger partial charge in [0.25, 0.3) is 0 Å². The summed E-state index contributed by atoms with van der Waals surface area (Å²) >= 11 is 3.47. The predicted octanol–water partition coefficient (Wildman–Crippen LogP) is 5.43. The standard InChI is InChI=1S/C20H19BrO2/c21-18-9-11-20(22)17(14-18)13-16(15-5-2-1-3-6-15)8-10-19-7-4-12-23-19/h1-7,9,11,13-14,19,22H,8,10,12H2/b16-13-/t19-/m0/s1. The smallest absolute Gasteiger partial charge is 0.122 e. The minimum Gasteiger partial charge on any atom is -0.507 e. The van der Waals surface area contributed by atoms with Crippen LogP contribution in [0.25, 0.3) is 11.6 Å². The average molecular weight is 371 g/mol. The van der Waals surface area contributed by atoms with Gasteiger partial charge in [0, 0.05) is 10.0 Å². The number of hydrogen-bond acceptors (Lipinski definition) is 2. The summed E-state index contributed by atoms with van der Waals surface area (Å²) in [5, 5.41) is 10.1. The molecule has 0 unspecified atom stereocenters. The van der Waals surface area contributed by atoms with Crippen LogP contribution in [0.1, 0.15) is 24.0 Å². The zero-order valence-electron chi connectivity index (χ0n) is 12.8. The molecule has 118 valence electrons. The van der Waals surface area contributed by atoms with Crippen LogP contribution in [0.15, 0.2) is 65.2 Å². The summed E-state index contributed by atoms with van der Waals surface area (Å²) in [4.78, 5) is 0. The van der Waals surface area contributed by atoms with Crippen molar-refractivity contribution >= 4 is 27.6 Å². The fourth-order valence-electron chi connectivity index (χ4n) is 2.70. The van der Waals surface area contributed by atoms with Crippen LogP contribution in [0.4, 0.5) is 0 Å². The second kappa shape index (κ2) is 7.62. The van der Waals surface area contributed by atoms with Crippen LogP contribution in [0.3, 0.4) is 0 Å². The van der Waals surface area contributed by atoms with Crippen LogP contribution >= 0.6 is 15.9 Å². The van der Waals surface area contributed by atoms with E-state index < -0.39 is 0 Å². The van der Waals surface area contributed by atoms with Crippen molar-refractivity contribution in [3.8, 4) is 5.75 Å². The Morgan fingerprint density at radius 2 is 2.04 bits per heavy atom. The molecule has 0 saturated carbocycles. The van der Waals surface area contributed by atoms with E-state index in [0.717, 1.165) is 22.9 Å². The number of halogens is 1. The van der Waals surface area contributed by atoms with Crippen LogP contribution in [0.5, 0.6) is 5.75 Å². The summed E-state index contributed by atoms with van der Waals surface area (Å²) < 4.78 is 6.59. The summed E-state index contributed by atoms with van der Waals surface area (Å²) in [5.41, 5.74) is 3.19. The van der Waals surface area contributed by atoms with Gasteiger partial charge in [-0.25, -0.2) is 0 Å². The molecule has 3 heteroatoms. The summed E-state index contributed by atoms with van der Waals surface area (Å²) in [6.45, 7) is 0.710. The Morgan fingerprint density at radius 3 is 2.78 bits per heavy atom. The van der Waals surface area contributed by atoms with Gasteiger partial charge in [-0.1, -0.05) is 58.4 Å². The monoisotopic (exact) mass is 370 g/mol. The molecule has 0 spiro atoms. The van der Waals surface area contributed by atoms with Gasteiger partial charge in [-0.15, -0.1) is 0 Å². The molecule has 1 heterocycles. The molecular formula is C20H19BrO2. The molecule has 1 aliphatic rings. The third kappa shape index (κ3) is 4.34. The fraction of sp³-hybridized carbons (Fsp3) is 0.200. The van der Waals surface area contributed by atoms with Crippen molar-refractivity contribution in [1.29, 1.82) is 0 Å². The van der Waals surface area contributed by atoms with Crippen molar-refractivity contribution in [3.63, 3.8) is 0 Å². The molecule has 1 aliphatic heterocycles. The van der Waals surface area contributed by atoms with Crippen LogP contribution < -0.4 is 0 Å². The first-order valence-electron chi connectivity index (χ1n) is 7.75. The second-order valence-corrected chi connectivity index (χ2v) is 6.49. The SMILES string of the molecule is Oc1ccc(Br)cc1/C=C(/CC[C@@H]1C=CCO1)c1ccccc1. The molecule has 0 aromatic heterocycles. The second-order valence-electron chi connectivity index (χ2n) is 5.58. The Labute approximate surface area is 145 Å². The third-order valence-corrected chi connectivity index (χ3v) is 4.41. The van der Waals surface area contributed by atoms with E-state index in [1.807, 2.05) is 30.3 Å². The normalized spacial score (nSPS) is 17.6. The number of allylic oxidation sites excluding steroid dienone is 1. The van der Waals surface area contributed by atoms with Gasteiger partial charge in [-0.3, -0.25) is 0 Å². The summed E-state index contributed by atoms with van der Waals surface area (Å²) in [5.74, 6) is 0.290. The van der Waals surface area contributed by atoms with Crippen molar-refractivity contribution in [2.45, 2.75) is 18.9 Å². The van der Waals surface area contributed by atoms with Crippen molar-refractivity contribution in [2.75, 3.05) is 6.61 Å². The Kier molecular flexibility index (Phi) is 5.31. The number of hydrogen-bond donors (Lipinski definition) is 1. The molecule has 3 rings (SSSR count). The van der Waals surface area contributed by atoms with Crippen molar-refractivity contribution in [2.24, 2.45) is 0 Å². The molecule has 0 fully saturated rings. The van der Waals surface area contributed by atoms with Crippen LogP contribution in [-0.4, -0.2) is 17.8 Å². The number of phenolic OH excluding ortho intramolecular Hbond substituents is 1. The van der Waals surface area contributed by atoms with E-state index in [4.69, 9.17) is 4.74 Å². The average Bonchev–Trinajstić information content (AvgIpc) is 3.09. The molecule has 0 radical (unpaired) electrons. The lowest BCUT2D eigenvalue weighted by Gasteiger charge is -2.12. The highest BCUT2D eigenvalue weighted by Gasteiger charge is 2.12. The van der Waals surface area contributed by atoms with E-state index in [9.17, 15) is 5.11 Å². The van der Waals surface area contributed by atoms with E-state index >= 15 is 0 Å². The van der Waals surface area contributed by atoms with Gasteiger partial charge in [-0.05, 0) is 48.3 Å². The first-order chi connectivity index (χ1) is 11.2. The van der Waals surface area contributed by atoms with E-state index in [1.165, 1.54) is 11.1 Å². The molecule has 0 aliphatic carbocycles. The quantitative estimate of drug-likeness (QED) is 0.561. The molecule has 2 aromatic rings. The lowest BCUT2D eigenvalue weighted by Crippen LogP contribution is -2.04. The molecule has 2 aromatic carbocycles. The molecule has 2 nitrogen and oxygen atoms in total. The van der Waals surface area contributed by atoms with E-state index in [2.05, 4.69) is 46.3 Å². The van der Waals surface area contributed by atoms with Crippen LogP contribution in [0, 0.1) is 0 Å². The van der Waals surface area contributed by atoms with Gasteiger partial charge in [0.1, 0.15) is 5.75 Å². The number of ether oxygens (including phenoxy) is 1. The summed E-state index contributed by atoms with van der Waals surface area (Å²) in [7, 11) is 0. The Morgan fingerprint density at radius 1 is 1.22 bits per heavy atom. The number of aromatic hydroxyl groups is 1. The highest BCUT2D eigenvalue weighted by atomic mass is 79.9. The van der Waals surface area contributed by atoms with Gasteiger partial charge < -0.3 is 9.84 Å². The number of benzene rings is 2. The Bertz CT molecular complexity index is 720. The Balaban J connectivity index is 1.89. The largest absolute Gasteiger partial charge is 0.507 e. The van der Waals surface area contributed by atoms with Crippen molar-refractivity contribution < 1.29 is 9.84 Å². The lowest BCUT2D eigenvalue weighted by molar-refractivity contribution is 0.123. The molecule has 1 atom stereocenters. The van der Waals surface area contributed by atoms with Crippen LogP contribution in [0.2, 0.25) is 0 Å². The van der Waals surface area contributed by atoms with Gasteiger partial charge in [0.05, 0.1) is 12.7 Å². The molecule has 0 saturated heterocycles. The first kappa shape index (κ1) is 16.0. The molecule has 1 N–H and O–H groups in total. The first-order valence-corrected chi connectivity index (χ1v) is 8.54. The minimum atomic E-state index is 0.193. The fourth-order valence-corrected chi connectivity index (χ4v) is 3.08. The highest BCUT2D eigenvalue weighted by molar-refractivity contribution is 9.10. The Hall–Kier alpha value is -1.84. The van der Waals surface area contributed by atoms with Gasteiger partial charge >= 0.3 is 0 Å². The molecule has 0 amide bonds. The molecular weight excluding hydrogens is 352 g/mol. The maximum absolute atomic E-state index is 10.1. The highest BCUT2D eigenvalue weighted by Crippen LogP contribution is 2.30. The number of phenols is 1. The maximum Gasteiger partial charge on any atom is 0.122 e. The topological polar surface area (TPSA) is 29.5 Å². The van der Waals surface area contributed by atoms with Crippen molar-refractivity contribution in [3.05, 3.63) is 76.3 Å². The zero-order chi connectivity index (χ0) is 16.1. The van der Waals surface area contributed by atoms with E-state index in [-0.39, 0.29) is 6.10 Å².